The van der Waals surface area contributed by atoms with E-state index in [2.05, 4.69) is 20.6 Å². The highest BCUT2D eigenvalue weighted by molar-refractivity contribution is 8.00. The summed E-state index contributed by atoms with van der Waals surface area (Å²) >= 11 is 8.80. The zero-order valence-electron chi connectivity index (χ0n) is 17.3. The van der Waals surface area contributed by atoms with E-state index in [1.165, 1.54) is 29.2 Å². The third-order valence-electron chi connectivity index (χ3n) is 4.02. The van der Waals surface area contributed by atoms with Crippen LogP contribution in [0.1, 0.15) is 52.0 Å². The van der Waals surface area contributed by atoms with Crippen LogP contribution in [0, 0.1) is 11.7 Å². The van der Waals surface area contributed by atoms with E-state index in [4.69, 9.17) is 16.3 Å². The van der Waals surface area contributed by atoms with Gasteiger partial charge in [-0.3, -0.25) is 0 Å². The Morgan fingerprint density at radius 1 is 1.37 bits per heavy atom. The van der Waals surface area contributed by atoms with Gasteiger partial charge in [0, 0.05) is 16.3 Å². The van der Waals surface area contributed by atoms with Crippen LogP contribution in [0.3, 0.4) is 0 Å². The predicted molar refractivity (Wildman–Crippen MR) is 117 cm³/mol. The van der Waals surface area contributed by atoms with Gasteiger partial charge < -0.3 is 10.1 Å². The zero-order valence-corrected chi connectivity index (χ0v) is 19.7. The summed E-state index contributed by atoms with van der Waals surface area (Å²) in [6, 6.07) is 4.18. The predicted octanol–water partition coefficient (Wildman–Crippen LogP) is 5.49. The van der Waals surface area contributed by atoms with Crippen molar-refractivity contribution >= 4 is 45.8 Å². The Hall–Kier alpha value is -1.91. The fourth-order valence-corrected chi connectivity index (χ4v) is 4.86. The molecule has 0 spiro atoms. The van der Waals surface area contributed by atoms with Gasteiger partial charge in [-0.2, -0.15) is 4.52 Å². The van der Waals surface area contributed by atoms with Crippen LogP contribution in [-0.4, -0.2) is 31.5 Å². The molecule has 1 aromatic carbocycles. The molecule has 162 valence electrons. The summed E-state index contributed by atoms with van der Waals surface area (Å²) in [5.74, 6) is 0.535. The fourth-order valence-electron chi connectivity index (χ4n) is 2.63. The van der Waals surface area contributed by atoms with E-state index >= 15 is 0 Å². The minimum absolute atomic E-state index is 0.0277. The number of aromatic nitrogens is 4. The Bertz CT molecular complexity index is 1030. The number of fused-ring (bicyclic) bond motifs is 1. The molecule has 2 heterocycles. The minimum Gasteiger partial charge on any atom is -0.444 e. The van der Waals surface area contributed by atoms with E-state index in [9.17, 15) is 9.18 Å². The third-order valence-corrected chi connectivity index (χ3v) is 6.43. The van der Waals surface area contributed by atoms with Crippen molar-refractivity contribution in [2.24, 2.45) is 5.92 Å². The van der Waals surface area contributed by atoms with Gasteiger partial charge >= 0.3 is 6.09 Å². The molecular weight excluding hydrogens is 449 g/mol. The molecule has 0 fully saturated rings. The summed E-state index contributed by atoms with van der Waals surface area (Å²) in [6.45, 7) is 9.34. The number of ether oxygens (including phenoxy) is 1. The number of amides is 1. The van der Waals surface area contributed by atoms with E-state index in [-0.39, 0.29) is 11.7 Å². The fraction of sp³-hybridized carbons (Fsp3) is 0.474. The second-order valence-corrected chi connectivity index (χ2v) is 10.6. The second kappa shape index (κ2) is 9.07. The number of halogens is 2. The Balaban J connectivity index is 1.79. The molecule has 1 unspecified atom stereocenters. The van der Waals surface area contributed by atoms with Crippen molar-refractivity contribution in [2.45, 2.75) is 56.4 Å². The topological polar surface area (TPSA) is 81.4 Å². The smallest absolute Gasteiger partial charge is 0.408 e. The number of thioether (sulfide) groups is 1. The van der Waals surface area contributed by atoms with E-state index in [0.717, 1.165) is 0 Å². The first-order chi connectivity index (χ1) is 14.0. The van der Waals surface area contributed by atoms with Crippen molar-refractivity contribution in [3.8, 4) is 0 Å². The average Bonchev–Trinajstić information content (AvgIpc) is 3.18. The van der Waals surface area contributed by atoms with Crippen LogP contribution >= 0.6 is 34.7 Å². The maximum absolute atomic E-state index is 14.0. The average molecular weight is 472 g/mol. The normalized spacial score (nSPS) is 13.1. The van der Waals surface area contributed by atoms with Gasteiger partial charge in [-0.25, -0.2) is 9.18 Å². The maximum atomic E-state index is 14.0. The molecule has 0 aliphatic heterocycles. The lowest BCUT2D eigenvalue weighted by atomic mass is 10.0. The molecule has 3 aromatic rings. The van der Waals surface area contributed by atoms with Crippen molar-refractivity contribution in [2.75, 3.05) is 0 Å². The molecule has 1 amide bonds. The van der Waals surface area contributed by atoms with Crippen LogP contribution < -0.4 is 5.32 Å². The van der Waals surface area contributed by atoms with E-state index < -0.39 is 17.7 Å². The van der Waals surface area contributed by atoms with Crippen molar-refractivity contribution in [1.82, 2.24) is 25.1 Å². The van der Waals surface area contributed by atoms with E-state index in [1.54, 1.807) is 37.4 Å². The first-order valence-electron chi connectivity index (χ1n) is 9.32. The molecule has 0 radical (unpaired) electrons. The van der Waals surface area contributed by atoms with Crippen LogP contribution in [0.25, 0.3) is 4.96 Å². The molecule has 0 saturated heterocycles. The molecule has 3 rings (SSSR count). The lowest BCUT2D eigenvalue weighted by Crippen LogP contribution is -2.37. The van der Waals surface area contributed by atoms with Crippen molar-refractivity contribution in [3.05, 3.63) is 40.4 Å². The molecule has 1 atom stereocenters. The van der Waals surface area contributed by atoms with Crippen molar-refractivity contribution in [1.29, 1.82) is 0 Å². The van der Waals surface area contributed by atoms with Gasteiger partial charge in [0.25, 0.3) is 0 Å². The molecule has 0 aliphatic carbocycles. The van der Waals surface area contributed by atoms with Gasteiger partial charge in [0.1, 0.15) is 11.4 Å². The summed E-state index contributed by atoms with van der Waals surface area (Å²) in [4.78, 5) is 12.9. The summed E-state index contributed by atoms with van der Waals surface area (Å²) in [6.07, 6.45) is -0.531. The standard InChI is InChI=1S/C19H23ClFN5O2S2/c1-10(2)14(22-17(27)28-19(3,4)5)15-23-24-16-26(15)25-18(30-16)29-9-11-12(20)7-6-8-13(11)21/h6-8,10,14H,9H2,1-5H3,(H,22,27). The number of carbonyl (C=O) groups excluding carboxylic acids is 1. The Kier molecular flexibility index (Phi) is 6.88. The number of rotatable bonds is 6. The first-order valence-corrected chi connectivity index (χ1v) is 11.5. The molecule has 11 heteroatoms. The summed E-state index contributed by atoms with van der Waals surface area (Å²) in [7, 11) is 0. The van der Waals surface area contributed by atoms with Crippen LogP contribution in [-0.2, 0) is 10.5 Å². The Morgan fingerprint density at radius 3 is 2.73 bits per heavy atom. The van der Waals surface area contributed by atoms with Gasteiger partial charge in [0.2, 0.25) is 4.96 Å². The number of hydrogen-bond acceptors (Lipinski definition) is 7. The highest BCUT2D eigenvalue weighted by Gasteiger charge is 2.28. The third kappa shape index (κ3) is 5.41. The number of benzene rings is 1. The SMILES string of the molecule is CC(C)C(NC(=O)OC(C)(C)C)c1nnc2sc(SCc3c(F)cccc3Cl)nn12. The van der Waals surface area contributed by atoms with Crippen LogP contribution in [0.2, 0.25) is 5.02 Å². The molecule has 0 aliphatic rings. The van der Waals surface area contributed by atoms with Gasteiger partial charge in [-0.05, 0) is 38.8 Å². The maximum Gasteiger partial charge on any atom is 0.408 e. The van der Waals surface area contributed by atoms with E-state index in [0.29, 0.717) is 31.5 Å². The summed E-state index contributed by atoms with van der Waals surface area (Å²) in [5.41, 5.74) is -0.175. The largest absolute Gasteiger partial charge is 0.444 e. The molecule has 7 nitrogen and oxygen atoms in total. The lowest BCUT2D eigenvalue weighted by molar-refractivity contribution is 0.0486. The Labute approximate surface area is 187 Å². The number of alkyl carbamates (subject to hydrolysis) is 1. The lowest BCUT2D eigenvalue weighted by Gasteiger charge is -2.24. The number of nitrogens with zero attached hydrogens (tertiary/aromatic N) is 4. The minimum atomic E-state index is -0.607. The molecular formula is C19H23ClFN5O2S2. The van der Waals surface area contributed by atoms with Crippen molar-refractivity contribution in [3.63, 3.8) is 0 Å². The van der Waals surface area contributed by atoms with Gasteiger partial charge in [-0.15, -0.1) is 15.3 Å². The Morgan fingerprint density at radius 2 is 2.10 bits per heavy atom. The molecule has 0 bridgehead atoms. The first kappa shape index (κ1) is 22.8. The monoisotopic (exact) mass is 471 g/mol. The van der Waals surface area contributed by atoms with Crippen LogP contribution in [0.5, 0.6) is 0 Å². The van der Waals surface area contributed by atoms with Gasteiger partial charge in [0.15, 0.2) is 10.2 Å². The van der Waals surface area contributed by atoms with Gasteiger partial charge in [0.05, 0.1) is 6.04 Å². The molecule has 2 aromatic heterocycles. The molecule has 1 N–H and O–H groups in total. The number of nitrogens with one attached hydrogen (secondary N) is 1. The zero-order chi connectivity index (χ0) is 22.1. The second-order valence-electron chi connectivity index (χ2n) is 7.98. The highest BCUT2D eigenvalue weighted by atomic mass is 35.5. The number of carbonyl (C=O) groups is 1. The van der Waals surface area contributed by atoms with Crippen LogP contribution in [0.15, 0.2) is 22.5 Å². The quantitative estimate of drug-likeness (QED) is 0.478. The van der Waals surface area contributed by atoms with Gasteiger partial charge in [-0.1, -0.05) is 54.6 Å². The van der Waals surface area contributed by atoms with E-state index in [1.807, 2.05) is 13.8 Å². The van der Waals surface area contributed by atoms with Crippen molar-refractivity contribution < 1.29 is 13.9 Å². The highest BCUT2D eigenvalue weighted by Crippen LogP contribution is 2.32. The number of hydrogen-bond donors (Lipinski definition) is 1. The van der Waals surface area contributed by atoms with Crippen LogP contribution in [0.4, 0.5) is 9.18 Å². The summed E-state index contributed by atoms with van der Waals surface area (Å²) < 4.78 is 21.7. The molecule has 0 saturated carbocycles. The molecule has 30 heavy (non-hydrogen) atoms. The summed E-state index contributed by atoms with van der Waals surface area (Å²) in [5, 5.41) is 16.2.